The number of hydrogen-bond donors (Lipinski definition) is 1. The van der Waals surface area contributed by atoms with E-state index in [2.05, 4.69) is 17.3 Å². The lowest BCUT2D eigenvalue weighted by Gasteiger charge is -2.12. The van der Waals surface area contributed by atoms with Crippen molar-refractivity contribution < 1.29 is 9.47 Å². The van der Waals surface area contributed by atoms with E-state index in [4.69, 9.17) is 9.47 Å². The topological polar surface area (TPSA) is 48.3 Å². The van der Waals surface area contributed by atoms with Crippen LogP contribution in [0.25, 0.3) is 0 Å². The lowest BCUT2D eigenvalue weighted by atomic mass is 10.2. The number of nitrogens with zero attached hydrogens (tertiary/aromatic N) is 2. The van der Waals surface area contributed by atoms with E-state index in [0.717, 1.165) is 22.9 Å². The van der Waals surface area contributed by atoms with Crippen molar-refractivity contribution in [3.8, 4) is 11.5 Å². The Morgan fingerprint density at radius 3 is 2.63 bits per heavy atom. The number of benzene rings is 1. The number of ether oxygens (including phenoxy) is 2. The van der Waals surface area contributed by atoms with Gasteiger partial charge in [-0.25, -0.2) is 0 Å². The van der Waals surface area contributed by atoms with Gasteiger partial charge in [0.1, 0.15) is 11.5 Å². The fraction of sp³-hybridized carbons (Fsp3) is 0.357. The van der Waals surface area contributed by atoms with Crippen molar-refractivity contribution in [3.05, 3.63) is 35.7 Å². The van der Waals surface area contributed by atoms with Crippen LogP contribution in [0.15, 0.2) is 24.4 Å². The van der Waals surface area contributed by atoms with E-state index >= 15 is 0 Å². The Hall–Kier alpha value is -2.17. The Kier molecular flexibility index (Phi) is 3.94. The second-order valence-corrected chi connectivity index (χ2v) is 4.30. The zero-order valence-electron chi connectivity index (χ0n) is 11.7. The van der Waals surface area contributed by atoms with Crippen molar-refractivity contribution in [2.75, 3.05) is 19.5 Å². The largest absolute Gasteiger partial charge is 0.497 e. The maximum absolute atomic E-state index is 5.35. The lowest BCUT2D eigenvalue weighted by molar-refractivity contribution is 0.395. The summed E-state index contributed by atoms with van der Waals surface area (Å²) >= 11 is 0. The molecule has 1 aromatic carbocycles. The number of aromatic nitrogens is 2. The summed E-state index contributed by atoms with van der Waals surface area (Å²) in [4.78, 5) is 0. The van der Waals surface area contributed by atoms with Crippen molar-refractivity contribution >= 4 is 5.69 Å². The third-order valence-electron chi connectivity index (χ3n) is 3.21. The minimum Gasteiger partial charge on any atom is -0.497 e. The van der Waals surface area contributed by atoms with Crippen LogP contribution in [-0.4, -0.2) is 24.0 Å². The molecule has 0 aliphatic rings. The summed E-state index contributed by atoms with van der Waals surface area (Å²) in [6, 6.07) is 5.71. The molecule has 1 heterocycles. The summed E-state index contributed by atoms with van der Waals surface area (Å²) in [6.07, 6.45) is 1.87. The molecule has 0 radical (unpaired) electrons. The predicted molar refractivity (Wildman–Crippen MR) is 74.8 cm³/mol. The van der Waals surface area contributed by atoms with Gasteiger partial charge in [0, 0.05) is 30.9 Å². The van der Waals surface area contributed by atoms with Crippen molar-refractivity contribution in [2.45, 2.75) is 13.5 Å². The molecule has 0 saturated heterocycles. The predicted octanol–water partition coefficient (Wildman–Crippen LogP) is 2.36. The molecule has 102 valence electrons. The normalized spacial score (nSPS) is 10.3. The third kappa shape index (κ3) is 2.81. The van der Waals surface area contributed by atoms with Gasteiger partial charge in [0.25, 0.3) is 0 Å². The molecule has 1 aromatic heterocycles. The van der Waals surface area contributed by atoms with Crippen LogP contribution in [0.1, 0.15) is 11.3 Å². The minimum absolute atomic E-state index is 0.711. The van der Waals surface area contributed by atoms with Crippen LogP contribution in [-0.2, 0) is 13.6 Å². The smallest absolute Gasteiger partial charge is 0.145 e. The molecule has 0 fully saturated rings. The van der Waals surface area contributed by atoms with Gasteiger partial charge in [0.2, 0.25) is 0 Å². The SMILES string of the molecule is COc1ccc(NCc2cnn(C)c2C)c(OC)c1. The van der Waals surface area contributed by atoms with E-state index in [1.165, 1.54) is 5.56 Å². The van der Waals surface area contributed by atoms with Gasteiger partial charge < -0.3 is 14.8 Å². The summed E-state index contributed by atoms with van der Waals surface area (Å²) < 4.78 is 12.4. The number of nitrogens with one attached hydrogen (secondary N) is 1. The molecule has 0 bridgehead atoms. The first-order valence-electron chi connectivity index (χ1n) is 6.09. The Balaban J connectivity index is 2.13. The molecule has 0 aliphatic heterocycles. The number of aryl methyl sites for hydroxylation is 1. The average Bonchev–Trinajstić information content (AvgIpc) is 2.76. The number of anilines is 1. The van der Waals surface area contributed by atoms with E-state index in [1.807, 2.05) is 36.1 Å². The summed E-state index contributed by atoms with van der Waals surface area (Å²) in [6.45, 7) is 2.76. The maximum atomic E-state index is 5.35. The molecule has 0 saturated carbocycles. The van der Waals surface area contributed by atoms with Crippen molar-refractivity contribution in [2.24, 2.45) is 7.05 Å². The number of methoxy groups -OCH3 is 2. The fourth-order valence-electron chi connectivity index (χ4n) is 1.85. The van der Waals surface area contributed by atoms with Crippen LogP contribution in [0.3, 0.4) is 0 Å². The molecule has 5 heteroatoms. The second-order valence-electron chi connectivity index (χ2n) is 4.30. The lowest BCUT2D eigenvalue weighted by Crippen LogP contribution is -2.03. The Labute approximate surface area is 113 Å². The van der Waals surface area contributed by atoms with Gasteiger partial charge in [0.05, 0.1) is 26.1 Å². The Bertz CT molecular complexity index is 564. The Morgan fingerprint density at radius 1 is 1.26 bits per heavy atom. The molecule has 0 spiro atoms. The molecule has 5 nitrogen and oxygen atoms in total. The molecule has 0 aliphatic carbocycles. The molecule has 19 heavy (non-hydrogen) atoms. The zero-order valence-corrected chi connectivity index (χ0v) is 11.7. The van der Waals surface area contributed by atoms with Crippen LogP contribution >= 0.6 is 0 Å². The first kappa shape index (κ1) is 13.3. The van der Waals surface area contributed by atoms with Gasteiger partial charge in [-0.3, -0.25) is 4.68 Å². The van der Waals surface area contributed by atoms with Crippen molar-refractivity contribution in [1.82, 2.24) is 9.78 Å². The molecule has 1 N–H and O–H groups in total. The molecule has 0 atom stereocenters. The summed E-state index contributed by atoms with van der Waals surface area (Å²) in [5, 5.41) is 7.58. The van der Waals surface area contributed by atoms with Crippen LogP contribution in [0, 0.1) is 6.92 Å². The van der Waals surface area contributed by atoms with Crippen LogP contribution < -0.4 is 14.8 Å². The van der Waals surface area contributed by atoms with Crippen molar-refractivity contribution in [1.29, 1.82) is 0 Å². The maximum Gasteiger partial charge on any atom is 0.145 e. The second kappa shape index (κ2) is 5.65. The van der Waals surface area contributed by atoms with E-state index in [-0.39, 0.29) is 0 Å². The molecule has 0 unspecified atom stereocenters. The quantitative estimate of drug-likeness (QED) is 0.897. The molecule has 2 aromatic rings. The van der Waals surface area contributed by atoms with Gasteiger partial charge in [-0.05, 0) is 19.1 Å². The highest BCUT2D eigenvalue weighted by atomic mass is 16.5. The minimum atomic E-state index is 0.711. The van der Waals surface area contributed by atoms with Crippen molar-refractivity contribution in [3.63, 3.8) is 0 Å². The summed E-state index contributed by atoms with van der Waals surface area (Å²) in [5.74, 6) is 1.54. The molecular formula is C14H19N3O2. The highest BCUT2D eigenvalue weighted by Gasteiger charge is 2.07. The highest BCUT2D eigenvalue weighted by Crippen LogP contribution is 2.29. The molecular weight excluding hydrogens is 242 g/mol. The summed E-state index contributed by atoms with van der Waals surface area (Å²) in [5.41, 5.74) is 3.26. The molecule has 2 rings (SSSR count). The first-order valence-corrected chi connectivity index (χ1v) is 6.09. The molecule has 0 amide bonds. The number of hydrogen-bond acceptors (Lipinski definition) is 4. The van der Waals surface area contributed by atoms with E-state index in [0.29, 0.717) is 6.54 Å². The zero-order chi connectivity index (χ0) is 13.8. The van der Waals surface area contributed by atoms with Gasteiger partial charge in [-0.15, -0.1) is 0 Å². The van der Waals surface area contributed by atoms with E-state index in [1.54, 1.807) is 14.2 Å². The first-order chi connectivity index (χ1) is 9.15. The van der Waals surface area contributed by atoms with Crippen LogP contribution in [0.2, 0.25) is 0 Å². The van der Waals surface area contributed by atoms with Crippen LogP contribution in [0.4, 0.5) is 5.69 Å². The van der Waals surface area contributed by atoms with Gasteiger partial charge >= 0.3 is 0 Å². The number of rotatable bonds is 5. The standard InChI is InChI=1S/C14H19N3O2/c1-10-11(9-16-17(10)2)8-15-13-6-5-12(18-3)7-14(13)19-4/h5-7,9,15H,8H2,1-4H3. The third-order valence-corrected chi connectivity index (χ3v) is 3.21. The summed E-state index contributed by atoms with van der Waals surface area (Å²) in [7, 11) is 5.23. The van der Waals surface area contributed by atoms with Gasteiger partial charge in [0.15, 0.2) is 0 Å². The van der Waals surface area contributed by atoms with E-state index in [9.17, 15) is 0 Å². The van der Waals surface area contributed by atoms with E-state index < -0.39 is 0 Å². The highest BCUT2D eigenvalue weighted by molar-refractivity contribution is 5.59. The fourth-order valence-corrected chi connectivity index (χ4v) is 1.85. The van der Waals surface area contributed by atoms with Gasteiger partial charge in [-0.2, -0.15) is 5.10 Å². The average molecular weight is 261 g/mol. The van der Waals surface area contributed by atoms with Gasteiger partial charge in [-0.1, -0.05) is 0 Å². The Morgan fingerprint density at radius 2 is 2.05 bits per heavy atom. The van der Waals surface area contributed by atoms with Crippen LogP contribution in [0.5, 0.6) is 11.5 Å². The monoisotopic (exact) mass is 261 g/mol.